The lowest BCUT2D eigenvalue weighted by atomic mass is 10.2. The second-order valence-electron chi connectivity index (χ2n) is 5.71. The van der Waals surface area contributed by atoms with E-state index < -0.39 is 0 Å². The SMILES string of the molecule is Cc1nn(C)c(Oc2cccnc2)c1CN(CCO)C1CC1. The minimum atomic E-state index is 0.175. The van der Waals surface area contributed by atoms with E-state index in [-0.39, 0.29) is 6.61 Å². The smallest absolute Gasteiger partial charge is 0.222 e. The van der Waals surface area contributed by atoms with Gasteiger partial charge in [-0.05, 0) is 31.9 Å². The standard InChI is InChI=1S/C16H22N4O2/c1-12-15(11-20(8-9-21)13-5-6-13)16(19(2)18-12)22-14-4-3-7-17-10-14/h3-4,7,10,13,21H,5-6,8-9,11H2,1-2H3. The van der Waals surface area contributed by atoms with Gasteiger partial charge in [-0.2, -0.15) is 5.10 Å². The third kappa shape index (κ3) is 3.28. The first-order chi connectivity index (χ1) is 10.7. The quantitative estimate of drug-likeness (QED) is 0.846. The minimum absolute atomic E-state index is 0.175. The predicted octanol–water partition coefficient (Wildman–Crippen LogP) is 1.87. The highest BCUT2D eigenvalue weighted by atomic mass is 16.5. The summed E-state index contributed by atoms with van der Waals surface area (Å²) in [5.41, 5.74) is 2.04. The van der Waals surface area contributed by atoms with Gasteiger partial charge in [-0.1, -0.05) is 0 Å². The molecule has 0 unspecified atom stereocenters. The van der Waals surface area contributed by atoms with Crippen molar-refractivity contribution in [1.82, 2.24) is 19.7 Å². The highest BCUT2D eigenvalue weighted by Crippen LogP contribution is 2.32. The van der Waals surface area contributed by atoms with E-state index in [2.05, 4.69) is 15.0 Å². The van der Waals surface area contributed by atoms with Crippen LogP contribution in [0.2, 0.25) is 0 Å². The van der Waals surface area contributed by atoms with Gasteiger partial charge in [0.25, 0.3) is 0 Å². The average molecular weight is 302 g/mol. The number of nitrogens with zero attached hydrogens (tertiary/aromatic N) is 4. The fourth-order valence-corrected chi connectivity index (χ4v) is 2.67. The van der Waals surface area contributed by atoms with Crippen LogP contribution in [-0.4, -0.2) is 44.0 Å². The highest BCUT2D eigenvalue weighted by Gasteiger charge is 2.30. The van der Waals surface area contributed by atoms with Gasteiger partial charge in [0.1, 0.15) is 5.75 Å². The van der Waals surface area contributed by atoms with Crippen molar-refractivity contribution in [3.8, 4) is 11.6 Å². The summed E-state index contributed by atoms with van der Waals surface area (Å²) < 4.78 is 7.75. The summed E-state index contributed by atoms with van der Waals surface area (Å²) in [4.78, 5) is 6.38. The van der Waals surface area contributed by atoms with Crippen molar-refractivity contribution in [2.24, 2.45) is 7.05 Å². The summed E-state index contributed by atoms with van der Waals surface area (Å²) in [5.74, 6) is 1.45. The van der Waals surface area contributed by atoms with Crippen LogP contribution in [0, 0.1) is 6.92 Å². The van der Waals surface area contributed by atoms with Crippen LogP contribution in [0.1, 0.15) is 24.1 Å². The summed E-state index contributed by atoms with van der Waals surface area (Å²) >= 11 is 0. The fraction of sp³-hybridized carbons (Fsp3) is 0.500. The molecule has 0 saturated heterocycles. The van der Waals surface area contributed by atoms with E-state index in [1.165, 1.54) is 12.8 Å². The van der Waals surface area contributed by atoms with Crippen molar-refractivity contribution in [3.63, 3.8) is 0 Å². The van der Waals surface area contributed by atoms with Gasteiger partial charge in [-0.15, -0.1) is 0 Å². The number of aryl methyl sites for hydroxylation is 2. The number of aromatic nitrogens is 3. The molecule has 1 saturated carbocycles. The predicted molar refractivity (Wildman–Crippen MR) is 82.8 cm³/mol. The molecule has 2 heterocycles. The van der Waals surface area contributed by atoms with Crippen molar-refractivity contribution in [2.45, 2.75) is 32.4 Å². The zero-order valence-corrected chi connectivity index (χ0v) is 13.1. The molecule has 0 spiro atoms. The Bertz CT molecular complexity index is 623. The van der Waals surface area contributed by atoms with Gasteiger partial charge in [0.05, 0.1) is 24.1 Å². The van der Waals surface area contributed by atoms with Gasteiger partial charge in [-0.3, -0.25) is 9.88 Å². The monoisotopic (exact) mass is 302 g/mol. The molecule has 2 aromatic rings. The molecule has 0 radical (unpaired) electrons. The molecule has 0 bridgehead atoms. The molecule has 6 nitrogen and oxygen atoms in total. The molecule has 0 amide bonds. The summed E-state index contributed by atoms with van der Waals surface area (Å²) in [5, 5.41) is 13.8. The van der Waals surface area contributed by atoms with Crippen LogP contribution in [-0.2, 0) is 13.6 Å². The molecule has 0 aromatic carbocycles. The van der Waals surface area contributed by atoms with E-state index in [1.807, 2.05) is 26.1 Å². The van der Waals surface area contributed by atoms with Crippen LogP contribution >= 0.6 is 0 Å². The molecule has 0 aliphatic heterocycles. The Labute approximate surface area is 130 Å². The van der Waals surface area contributed by atoms with Gasteiger partial charge in [-0.25, -0.2) is 4.68 Å². The van der Waals surface area contributed by atoms with Gasteiger partial charge in [0.15, 0.2) is 0 Å². The number of hydrogen-bond acceptors (Lipinski definition) is 5. The van der Waals surface area contributed by atoms with E-state index >= 15 is 0 Å². The molecular weight excluding hydrogens is 280 g/mol. The van der Waals surface area contributed by atoms with Crippen LogP contribution in [0.5, 0.6) is 11.6 Å². The highest BCUT2D eigenvalue weighted by molar-refractivity contribution is 5.35. The third-order valence-corrected chi connectivity index (χ3v) is 3.95. The van der Waals surface area contributed by atoms with Crippen molar-refractivity contribution < 1.29 is 9.84 Å². The molecule has 2 aromatic heterocycles. The van der Waals surface area contributed by atoms with Crippen LogP contribution in [0.15, 0.2) is 24.5 Å². The Hall–Kier alpha value is -1.92. The number of hydrogen-bond donors (Lipinski definition) is 1. The van der Waals surface area contributed by atoms with E-state index in [0.717, 1.165) is 23.7 Å². The first kappa shape index (κ1) is 15.0. The second kappa shape index (κ2) is 6.46. The molecule has 0 atom stereocenters. The molecule has 118 valence electrons. The largest absolute Gasteiger partial charge is 0.437 e. The lowest BCUT2D eigenvalue weighted by Crippen LogP contribution is -2.28. The maximum atomic E-state index is 9.27. The maximum absolute atomic E-state index is 9.27. The molecule has 1 aliphatic rings. The molecule has 22 heavy (non-hydrogen) atoms. The van der Waals surface area contributed by atoms with E-state index in [4.69, 9.17) is 4.74 Å². The van der Waals surface area contributed by atoms with Crippen molar-refractivity contribution in [1.29, 1.82) is 0 Å². The minimum Gasteiger partial charge on any atom is -0.437 e. The van der Waals surface area contributed by atoms with Gasteiger partial charge in [0.2, 0.25) is 5.88 Å². The second-order valence-corrected chi connectivity index (χ2v) is 5.71. The number of rotatable bonds is 7. The third-order valence-electron chi connectivity index (χ3n) is 3.95. The summed E-state index contributed by atoms with van der Waals surface area (Å²) in [6, 6.07) is 4.31. The zero-order chi connectivity index (χ0) is 15.5. The molecule has 1 fully saturated rings. The Morgan fingerprint density at radius 3 is 2.91 bits per heavy atom. The molecule has 3 rings (SSSR count). The molecule has 1 aliphatic carbocycles. The topological polar surface area (TPSA) is 63.4 Å². The number of ether oxygens (including phenoxy) is 1. The summed E-state index contributed by atoms with van der Waals surface area (Å²) in [7, 11) is 1.88. The van der Waals surface area contributed by atoms with Gasteiger partial charge in [0, 0.05) is 32.4 Å². The summed E-state index contributed by atoms with van der Waals surface area (Å²) in [6.07, 6.45) is 5.83. The van der Waals surface area contributed by atoms with Gasteiger partial charge >= 0.3 is 0 Å². The van der Waals surface area contributed by atoms with E-state index in [9.17, 15) is 5.11 Å². The number of aliphatic hydroxyl groups is 1. The Morgan fingerprint density at radius 2 is 2.27 bits per heavy atom. The normalized spacial score (nSPS) is 14.5. The number of aliphatic hydroxyl groups excluding tert-OH is 1. The fourth-order valence-electron chi connectivity index (χ4n) is 2.67. The first-order valence-electron chi connectivity index (χ1n) is 7.64. The maximum Gasteiger partial charge on any atom is 0.222 e. The summed E-state index contributed by atoms with van der Waals surface area (Å²) in [6.45, 7) is 3.61. The Kier molecular flexibility index (Phi) is 4.40. The van der Waals surface area contributed by atoms with Crippen molar-refractivity contribution in [2.75, 3.05) is 13.2 Å². The molecule has 1 N–H and O–H groups in total. The van der Waals surface area contributed by atoms with Crippen LogP contribution < -0.4 is 4.74 Å². The zero-order valence-electron chi connectivity index (χ0n) is 13.1. The van der Waals surface area contributed by atoms with Crippen molar-refractivity contribution >= 4 is 0 Å². The van der Waals surface area contributed by atoms with Crippen molar-refractivity contribution in [3.05, 3.63) is 35.8 Å². The van der Waals surface area contributed by atoms with Crippen LogP contribution in [0.25, 0.3) is 0 Å². The van der Waals surface area contributed by atoms with Crippen LogP contribution in [0.3, 0.4) is 0 Å². The van der Waals surface area contributed by atoms with Crippen LogP contribution in [0.4, 0.5) is 0 Å². The Morgan fingerprint density at radius 1 is 1.45 bits per heavy atom. The van der Waals surface area contributed by atoms with E-state index in [1.54, 1.807) is 17.1 Å². The lowest BCUT2D eigenvalue weighted by molar-refractivity contribution is 0.182. The molecular formula is C16H22N4O2. The number of pyridine rings is 1. The lowest BCUT2D eigenvalue weighted by Gasteiger charge is -2.21. The first-order valence-corrected chi connectivity index (χ1v) is 7.64. The Balaban J connectivity index is 1.83. The molecule has 6 heteroatoms. The van der Waals surface area contributed by atoms with E-state index in [0.29, 0.717) is 18.3 Å². The van der Waals surface area contributed by atoms with Gasteiger partial charge < -0.3 is 9.84 Å². The average Bonchev–Trinajstić information content (AvgIpc) is 3.31.